The van der Waals surface area contributed by atoms with E-state index in [1.54, 1.807) is 6.92 Å². The van der Waals surface area contributed by atoms with E-state index in [2.05, 4.69) is 10.1 Å². The number of ether oxygens (including phenoxy) is 1. The van der Waals surface area contributed by atoms with E-state index in [0.29, 0.717) is 0 Å². The molecule has 0 aliphatic rings. The smallest absolute Gasteiger partial charge is 0.343 e. The van der Waals surface area contributed by atoms with Crippen LogP contribution in [-0.2, 0) is 15.1 Å². The van der Waals surface area contributed by atoms with Crippen LogP contribution in [0.2, 0.25) is 0 Å². The molecule has 0 N–H and O–H groups in total. The van der Waals surface area contributed by atoms with Crippen molar-refractivity contribution in [1.82, 2.24) is 9.78 Å². The lowest BCUT2D eigenvalue weighted by molar-refractivity contribution is 0.0527. The molecule has 17 heavy (non-hydrogen) atoms. The zero-order valence-corrected chi connectivity index (χ0v) is 10.4. The summed E-state index contributed by atoms with van der Waals surface area (Å²) < 4.78 is 6.35. The van der Waals surface area contributed by atoms with Gasteiger partial charge in [0.1, 0.15) is 5.56 Å². The van der Waals surface area contributed by atoms with Crippen LogP contribution in [0.3, 0.4) is 0 Å². The number of nitrogens with zero attached hydrogens (tertiary/aromatic N) is 3. The molecule has 0 amide bonds. The Morgan fingerprint density at radius 1 is 1.59 bits per heavy atom. The van der Waals surface area contributed by atoms with Crippen molar-refractivity contribution in [3.05, 3.63) is 11.8 Å². The number of carbonyl (C=O) groups excluding carboxylic acids is 2. The van der Waals surface area contributed by atoms with E-state index < -0.39 is 5.97 Å². The van der Waals surface area contributed by atoms with E-state index in [9.17, 15) is 9.59 Å². The van der Waals surface area contributed by atoms with E-state index in [0.717, 1.165) is 0 Å². The van der Waals surface area contributed by atoms with Gasteiger partial charge in [-0.05, 0) is 27.7 Å². The predicted molar refractivity (Wildman–Crippen MR) is 61.0 cm³/mol. The van der Waals surface area contributed by atoms with Crippen molar-refractivity contribution >= 4 is 17.9 Å². The van der Waals surface area contributed by atoms with E-state index in [-0.39, 0.29) is 23.5 Å². The molecule has 92 valence electrons. The summed E-state index contributed by atoms with van der Waals surface area (Å²) in [4.78, 5) is 25.5. The summed E-state index contributed by atoms with van der Waals surface area (Å²) in [6.07, 6.45) is 2.77. The van der Waals surface area contributed by atoms with Crippen LogP contribution in [0.4, 0.5) is 5.82 Å². The number of aliphatic imine (C=N–C) groups is 1. The van der Waals surface area contributed by atoms with Gasteiger partial charge >= 0.3 is 5.97 Å². The monoisotopic (exact) mass is 237 g/mol. The Labute approximate surface area is 99.3 Å². The zero-order valence-electron chi connectivity index (χ0n) is 10.4. The molecule has 0 fully saturated rings. The summed E-state index contributed by atoms with van der Waals surface area (Å²) in [5.41, 5.74) is -0.217. The first kappa shape index (κ1) is 13.1. The normalized spacial score (nSPS) is 10.8. The average Bonchev–Trinajstić information content (AvgIpc) is 2.62. The van der Waals surface area contributed by atoms with Crippen molar-refractivity contribution in [2.24, 2.45) is 4.99 Å². The lowest BCUT2D eigenvalue weighted by Gasteiger charge is -2.20. The Balaban J connectivity index is 3.29. The van der Waals surface area contributed by atoms with Crippen LogP contribution < -0.4 is 0 Å². The molecule has 0 aliphatic carbocycles. The highest BCUT2D eigenvalue weighted by molar-refractivity contribution is 5.94. The lowest BCUT2D eigenvalue weighted by Crippen LogP contribution is -2.22. The Hall–Kier alpha value is -1.94. The number of rotatable bonds is 3. The Morgan fingerprint density at radius 3 is 2.71 bits per heavy atom. The molecule has 0 saturated heterocycles. The third-order valence-corrected chi connectivity index (χ3v) is 2.03. The Kier molecular flexibility index (Phi) is 3.81. The van der Waals surface area contributed by atoms with Crippen molar-refractivity contribution in [2.75, 3.05) is 6.61 Å². The van der Waals surface area contributed by atoms with Crippen molar-refractivity contribution in [3.63, 3.8) is 0 Å². The molecule has 0 atom stereocenters. The minimum absolute atomic E-state index is 0.171. The molecule has 1 rings (SSSR count). The van der Waals surface area contributed by atoms with E-state index in [4.69, 9.17) is 4.74 Å². The fourth-order valence-electron chi connectivity index (χ4n) is 1.34. The second kappa shape index (κ2) is 4.93. The number of hydrogen-bond acceptors (Lipinski definition) is 5. The molecule has 0 saturated carbocycles. The van der Waals surface area contributed by atoms with Gasteiger partial charge in [-0.3, -0.25) is 0 Å². The fraction of sp³-hybridized carbons (Fsp3) is 0.545. The minimum atomic E-state index is -0.544. The quantitative estimate of drug-likeness (QED) is 0.456. The first-order chi connectivity index (χ1) is 7.91. The van der Waals surface area contributed by atoms with Gasteiger partial charge in [-0.15, -0.1) is 4.99 Å². The van der Waals surface area contributed by atoms with Crippen LogP contribution in [0.5, 0.6) is 0 Å². The van der Waals surface area contributed by atoms with Crippen molar-refractivity contribution in [1.29, 1.82) is 0 Å². The SMILES string of the molecule is CCOC(=O)c1cnn(C(C)(C)C)c1N=C=O. The van der Waals surface area contributed by atoms with Gasteiger partial charge in [-0.2, -0.15) is 5.10 Å². The van der Waals surface area contributed by atoms with Gasteiger partial charge < -0.3 is 4.74 Å². The molecule has 6 nitrogen and oxygen atoms in total. The first-order valence-corrected chi connectivity index (χ1v) is 5.25. The molecule has 0 bridgehead atoms. The fourth-order valence-corrected chi connectivity index (χ4v) is 1.34. The molecule has 0 radical (unpaired) electrons. The van der Waals surface area contributed by atoms with Gasteiger partial charge in [0.05, 0.1) is 18.3 Å². The number of esters is 1. The molecular formula is C11H15N3O3. The standard InChI is InChI=1S/C11H15N3O3/c1-5-17-10(16)8-6-13-14(11(2,3)4)9(8)12-7-15/h6H,5H2,1-4H3. The molecule has 0 aliphatic heterocycles. The summed E-state index contributed by atoms with van der Waals surface area (Å²) in [7, 11) is 0. The number of aromatic nitrogens is 2. The summed E-state index contributed by atoms with van der Waals surface area (Å²) in [6, 6.07) is 0. The maximum Gasteiger partial charge on any atom is 0.343 e. The highest BCUT2D eigenvalue weighted by Gasteiger charge is 2.24. The lowest BCUT2D eigenvalue weighted by atomic mass is 10.1. The summed E-state index contributed by atoms with van der Waals surface area (Å²) >= 11 is 0. The zero-order chi connectivity index (χ0) is 13.1. The number of isocyanates is 1. The maximum absolute atomic E-state index is 11.6. The van der Waals surface area contributed by atoms with Gasteiger partial charge in [0, 0.05) is 0 Å². The molecule has 0 unspecified atom stereocenters. The molecule has 1 aromatic rings. The summed E-state index contributed by atoms with van der Waals surface area (Å²) in [5, 5.41) is 4.05. The largest absolute Gasteiger partial charge is 0.462 e. The predicted octanol–water partition coefficient (Wildman–Crippen LogP) is 1.78. The van der Waals surface area contributed by atoms with Crippen LogP contribution >= 0.6 is 0 Å². The van der Waals surface area contributed by atoms with Gasteiger partial charge in [0.15, 0.2) is 5.82 Å². The second-order valence-corrected chi connectivity index (χ2v) is 4.39. The molecule has 0 spiro atoms. The summed E-state index contributed by atoms with van der Waals surface area (Å²) in [6.45, 7) is 7.62. The van der Waals surface area contributed by atoms with Crippen LogP contribution in [0.25, 0.3) is 0 Å². The van der Waals surface area contributed by atoms with Crippen LogP contribution in [0, 0.1) is 0 Å². The third-order valence-electron chi connectivity index (χ3n) is 2.03. The van der Waals surface area contributed by atoms with Crippen molar-refractivity contribution < 1.29 is 14.3 Å². The maximum atomic E-state index is 11.6. The van der Waals surface area contributed by atoms with E-state index in [1.165, 1.54) is 17.0 Å². The first-order valence-electron chi connectivity index (χ1n) is 5.25. The van der Waals surface area contributed by atoms with Crippen molar-refractivity contribution in [2.45, 2.75) is 33.2 Å². The number of carbonyl (C=O) groups is 1. The highest BCUT2D eigenvalue weighted by atomic mass is 16.5. The molecular weight excluding hydrogens is 222 g/mol. The minimum Gasteiger partial charge on any atom is -0.462 e. The molecule has 1 heterocycles. The van der Waals surface area contributed by atoms with E-state index >= 15 is 0 Å². The summed E-state index contributed by atoms with van der Waals surface area (Å²) in [5.74, 6) is -0.372. The second-order valence-electron chi connectivity index (χ2n) is 4.39. The third kappa shape index (κ3) is 2.79. The van der Waals surface area contributed by atoms with Crippen molar-refractivity contribution in [3.8, 4) is 0 Å². The Bertz CT molecular complexity index is 465. The number of hydrogen-bond donors (Lipinski definition) is 0. The van der Waals surface area contributed by atoms with Gasteiger partial charge in [-0.1, -0.05) is 0 Å². The average molecular weight is 237 g/mol. The van der Waals surface area contributed by atoms with Gasteiger partial charge in [0.25, 0.3) is 0 Å². The molecule has 0 aromatic carbocycles. The van der Waals surface area contributed by atoms with Gasteiger partial charge in [-0.25, -0.2) is 14.3 Å². The van der Waals surface area contributed by atoms with Crippen LogP contribution in [0.15, 0.2) is 11.2 Å². The highest BCUT2D eigenvalue weighted by Crippen LogP contribution is 2.26. The molecule has 6 heteroatoms. The van der Waals surface area contributed by atoms with Crippen LogP contribution in [-0.4, -0.2) is 28.4 Å². The Morgan fingerprint density at radius 2 is 2.24 bits per heavy atom. The van der Waals surface area contributed by atoms with Gasteiger partial charge in [0.2, 0.25) is 6.08 Å². The van der Waals surface area contributed by atoms with E-state index in [1.807, 2.05) is 20.8 Å². The topological polar surface area (TPSA) is 73.5 Å². The van der Waals surface area contributed by atoms with Crippen LogP contribution in [0.1, 0.15) is 38.1 Å². The molecule has 1 aromatic heterocycles.